The van der Waals surface area contributed by atoms with Crippen molar-refractivity contribution in [1.82, 2.24) is 20.0 Å². The molecular formula is C18H21N5O3. The molecule has 0 aliphatic rings. The number of amides is 1. The van der Waals surface area contributed by atoms with Crippen molar-refractivity contribution in [2.24, 2.45) is 0 Å². The van der Waals surface area contributed by atoms with Gasteiger partial charge in [-0.3, -0.25) is 14.8 Å². The van der Waals surface area contributed by atoms with E-state index < -0.39 is 0 Å². The van der Waals surface area contributed by atoms with Crippen LogP contribution in [-0.4, -0.2) is 32.0 Å². The Hall–Kier alpha value is -3.16. The third kappa shape index (κ3) is 4.08. The van der Waals surface area contributed by atoms with E-state index in [4.69, 9.17) is 9.15 Å². The van der Waals surface area contributed by atoms with Crippen molar-refractivity contribution in [3.8, 4) is 17.3 Å². The molecule has 0 aliphatic carbocycles. The van der Waals surface area contributed by atoms with Gasteiger partial charge < -0.3 is 9.15 Å². The van der Waals surface area contributed by atoms with Gasteiger partial charge in [0.2, 0.25) is 0 Å². The maximum atomic E-state index is 12.3. The van der Waals surface area contributed by atoms with Gasteiger partial charge in [-0.1, -0.05) is 5.10 Å². The van der Waals surface area contributed by atoms with Crippen molar-refractivity contribution in [3.05, 3.63) is 42.1 Å². The molecule has 0 unspecified atom stereocenters. The third-order valence-electron chi connectivity index (χ3n) is 3.49. The van der Waals surface area contributed by atoms with Gasteiger partial charge in [-0.05, 0) is 58.0 Å². The van der Waals surface area contributed by atoms with Gasteiger partial charge in [0.15, 0.2) is 0 Å². The van der Waals surface area contributed by atoms with E-state index in [9.17, 15) is 4.79 Å². The quantitative estimate of drug-likeness (QED) is 0.726. The fraction of sp³-hybridized carbons (Fsp3) is 0.333. The number of nitrogens with zero attached hydrogens (tertiary/aromatic N) is 4. The molecule has 2 heterocycles. The van der Waals surface area contributed by atoms with Crippen LogP contribution in [0.4, 0.5) is 6.01 Å². The summed E-state index contributed by atoms with van der Waals surface area (Å²) in [6.45, 7) is 7.93. The van der Waals surface area contributed by atoms with Crippen molar-refractivity contribution < 1.29 is 13.9 Å². The fourth-order valence-corrected chi connectivity index (χ4v) is 2.24. The molecule has 8 nitrogen and oxygen atoms in total. The summed E-state index contributed by atoms with van der Waals surface area (Å²) >= 11 is 0. The van der Waals surface area contributed by atoms with E-state index in [1.807, 2.05) is 33.9 Å². The van der Waals surface area contributed by atoms with Crippen molar-refractivity contribution in [2.75, 3.05) is 5.32 Å². The van der Waals surface area contributed by atoms with Crippen molar-refractivity contribution in [1.29, 1.82) is 0 Å². The Morgan fingerprint density at radius 3 is 2.46 bits per heavy atom. The molecule has 136 valence electrons. The van der Waals surface area contributed by atoms with Gasteiger partial charge in [0, 0.05) is 17.8 Å². The van der Waals surface area contributed by atoms with Crippen LogP contribution in [0.1, 0.15) is 44.1 Å². The minimum atomic E-state index is -0.344. The molecule has 1 aromatic carbocycles. The monoisotopic (exact) mass is 355 g/mol. The Kier molecular flexibility index (Phi) is 5.01. The summed E-state index contributed by atoms with van der Waals surface area (Å²) in [5.41, 5.74) is 1.02. The third-order valence-corrected chi connectivity index (χ3v) is 3.49. The number of carbonyl (C=O) groups is 1. The lowest BCUT2D eigenvalue weighted by molar-refractivity contribution is 0.102. The van der Waals surface area contributed by atoms with Gasteiger partial charge in [-0.2, -0.15) is 5.10 Å². The molecule has 0 spiro atoms. The first kappa shape index (κ1) is 17.7. The standard InChI is InChI=1S/C18H21N5O3/c1-11(2)23-10-9-15(22-23)17-20-21-18(26-17)19-16(24)13-5-7-14(8-6-13)25-12(3)4/h5-12H,1-4H3,(H,19,21,24). The number of rotatable bonds is 6. The Morgan fingerprint density at radius 2 is 1.85 bits per heavy atom. The number of hydrogen-bond acceptors (Lipinski definition) is 6. The lowest BCUT2D eigenvalue weighted by Crippen LogP contribution is -2.12. The molecule has 3 aromatic rings. The van der Waals surface area contributed by atoms with Crippen molar-refractivity contribution in [3.63, 3.8) is 0 Å². The highest BCUT2D eigenvalue weighted by Gasteiger charge is 2.15. The average Bonchev–Trinajstić information content (AvgIpc) is 3.23. The fourth-order valence-electron chi connectivity index (χ4n) is 2.24. The molecule has 0 fully saturated rings. The van der Waals surface area contributed by atoms with Crippen LogP contribution in [0.3, 0.4) is 0 Å². The van der Waals surface area contributed by atoms with Crippen LogP contribution in [0.15, 0.2) is 40.9 Å². The zero-order valence-corrected chi connectivity index (χ0v) is 15.1. The number of anilines is 1. The number of nitrogens with one attached hydrogen (secondary N) is 1. The van der Waals surface area contributed by atoms with Crippen LogP contribution in [-0.2, 0) is 0 Å². The zero-order valence-electron chi connectivity index (χ0n) is 15.1. The number of aromatic nitrogens is 4. The molecule has 0 saturated carbocycles. The largest absolute Gasteiger partial charge is 0.491 e. The molecule has 26 heavy (non-hydrogen) atoms. The number of carbonyl (C=O) groups excluding carboxylic acids is 1. The van der Waals surface area contributed by atoms with Crippen LogP contribution in [0.5, 0.6) is 5.75 Å². The summed E-state index contributed by atoms with van der Waals surface area (Å²) in [4.78, 5) is 12.3. The Bertz CT molecular complexity index is 880. The maximum Gasteiger partial charge on any atom is 0.322 e. The van der Waals surface area contributed by atoms with E-state index in [2.05, 4.69) is 20.6 Å². The smallest absolute Gasteiger partial charge is 0.322 e. The Balaban J connectivity index is 1.67. The van der Waals surface area contributed by atoms with Gasteiger partial charge in [-0.25, -0.2) is 0 Å². The lowest BCUT2D eigenvalue weighted by atomic mass is 10.2. The van der Waals surface area contributed by atoms with Gasteiger partial charge in [0.05, 0.1) is 6.10 Å². The SMILES string of the molecule is CC(C)Oc1ccc(C(=O)Nc2nnc(-c3ccn(C(C)C)n3)o2)cc1. The highest BCUT2D eigenvalue weighted by molar-refractivity contribution is 6.03. The van der Waals surface area contributed by atoms with Crippen LogP contribution in [0.2, 0.25) is 0 Å². The zero-order chi connectivity index (χ0) is 18.7. The van der Waals surface area contributed by atoms with E-state index in [0.29, 0.717) is 17.0 Å². The first-order valence-electron chi connectivity index (χ1n) is 8.39. The van der Waals surface area contributed by atoms with Gasteiger partial charge in [0.1, 0.15) is 11.4 Å². The lowest BCUT2D eigenvalue weighted by Gasteiger charge is -2.09. The molecule has 3 rings (SSSR count). The van der Waals surface area contributed by atoms with Gasteiger partial charge >= 0.3 is 6.01 Å². The summed E-state index contributed by atoms with van der Waals surface area (Å²) < 4.78 is 12.8. The second kappa shape index (κ2) is 7.38. The Labute approximate surface area is 151 Å². The highest BCUT2D eigenvalue weighted by Crippen LogP contribution is 2.20. The summed E-state index contributed by atoms with van der Waals surface area (Å²) in [5, 5.41) is 14.7. The normalized spacial score (nSPS) is 11.2. The van der Waals surface area contributed by atoms with E-state index in [0.717, 1.165) is 0 Å². The predicted octanol–water partition coefficient (Wildman–Crippen LogP) is 3.55. The van der Waals surface area contributed by atoms with Crippen LogP contribution >= 0.6 is 0 Å². The molecule has 8 heteroatoms. The van der Waals surface area contributed by atoms with Crippen LogP contribution in [0.25, 0.3) is 11.6 Å². The molecule has 2 aromatic heterocycles. The summed E-state index contributed by atoms with van der Waals surface area (Å²) in [6, 6.07) is 8.87. The minimum absolute atomic E-state index is 0.0200. The van der Waals surface area contributed by atoms with E-state index >= 15 is 0 Å². The molecule has 0 aliphatic heterocycles. The van der Waals surface area contributed by atoms with Crippen molar-refractivity contribution in [2.45, 2.75) is 39.8 Å². The number of ether oxygens (including phenoxy) is 1. The van der Waals surface area contributed by atoms with Crippen LogP contribution in [0, 0.1) is 0 Å². The molecule has 0 saturated heterocycles. The van der Waals surface area contributed by atoms with E-state index in [-0.39, 0.29) is 30.0 Å². The average molecular weight is 355 g/mol. The highest BCUT2D eigenvalue weighted by atomic mass is 16.5. The summed E-state index contributed by atoms with van der Waals surface area (Å²) in [6.07, 6.45) is 1.91. The predicted molar refractivity (Wildman–Crippen MR) is 96.1 cm³/mol. The molecular weight excluding hydrogens is 334 g/mol. The topological polar surface area (TPSA) is 95.1 Å². The number of hydrogen-bond donors (Lipinski definition) is 1. The molecule has 0 bridgehead atoms. The van der Waals surface area contributed by atoms with Gasteiger partial charge in [0.25, 0.3) is 11.8 Å². The van der Waals surface area contributed by atoms with Gasteiger partial charge in [-0.15, -0.1) is 5.10 Å². The van der Waals surface area contributed by atoms with Crippen LogP contribution < -0.4 is 10.1 Å². The second-order valence-electron chi connectivity index (χ2n) is 6.33. The van der Waals surface area contributed by atoms with E-state index in [1.165, 1.54) is 0 Å². The summed E-state index contributed by atoms with van der Waals surface area (Å²) in [5.74, 6) is 0.613. The molecule has 0 radical (unpaired) electrons. The molecule has 1 N–H and O–H groups in total. The maximum absolute atomic E-state index is 12.3. The molecule has 0 atom stereocenters. The first-order chi connectivity index (χ1) is 12.4. The van der Waals surface area contributed by atoms with E-state index in [1.54, 1.807) is 35.0 Å². The Morgan fingerprint density at radius 1 is 1.12 bits per heavy atom. The number of benzene rings is 1. The second-order valence-corrected chi connectivity index (χ2v) is 6.33. The first-order valence-corrected chi connectivity index (χ1v) is 8.39. The summed E-state index contributed by atoms with van der Waals surface area (Å²) in [7, 11) is 0. The van der Waals surface area contributed by atoms with Crippen molar-refractivity contribution >= 4 is 11.9 Å². The minimum Gasteiger partial charge on any atom is -0.491 e. The molecule has 1 amide bonds.